The normalized spacial score (nSPS) is 12.0. The van der Waals surface area contributed by atoms with Gasteiger partial charge in [-0.05, 0) is 70.7 Å². The molecule has 5 aromatic rings. The van der Waals surface area contributed by atoms with E-state index in [0.717, 1.165) is 68.3 Å². The predicted molar refractivity (Wildman–Crippen MR) is 148 cm³/mol. The molecular weight excluding hydrogens is 460 g/mol. The Morgan fingerprint density at radius 2 is 1.65 bits per heavy atom. The van der Waals surface area contributed by atoms with Crippen LogP contribution in [0.1, 0.15) is 35.6 Å². The van der Waals surface area contributed by atoms with Crippen LogP contribution in [-0.4, -0.2) is 21.3 Å². The second kappa shape index (κ2) is 10.8. The minimum atomic E-state index is -0.971. The summed E-state index contributed by atoms with van der Waals surface area (Å²) in [6, 6.07) is 32.1. The van der Waals surface area contributed by atoms with Gasteiger partial charge in [0.15, 0.2) is 0 Å². The average molecular weight is 487 g/mol. The largest absolute Gasteiger partial charge is 0.478 e. The maximum atomic E-state index is 11.0. The molecule has 0 bridgehead atoms. The summed E-state index contributed by atoms with van der Waals surface area (Å²) < 4.78 is 6.33. The van der Waals surface area contributed by atoms with Crippen molar-refractivity contribution in [3.8, 4) is 11.5 Å². The molecule has 182 valence electrons. The maximum Gasteiger partial charge on any atom is 0.328 e. The summed E-state index contributed by atoms with van der Waals surface area (Å²) >= 11 is 0. The van der Waals surface area contributed by atoms with Gasteiger partial charge in [0.25, 0.3) is 0 Å². The van der Waals surface area contributed by atoms with Gasteiger partial charge in [0.05, 0.1) is 11.7 Å². The Balaban J connectivity index is 1.69. The van der Waals surface area contributed by atoms with Crippen LogP contribution in [0.25, 0.3) is 28.1 Å². The molecule has 0 saturated carbocycles. The lowest BCUT2D eigenvalue weighted by molar-refractivity contribution is -0.131. The molecule has 0 aliphatic carbocycles. The lowest BCUT2D eigenvalue weighted by Crippen LogP contribution is -1.98. The second-order valence-corrected chi connectivity index (χ2v) is 8.58. The van der Waals surface area contributed by atoms with Crippen LogP contribution in [0, 0.1) is 0 Å². The minimum Gasteiger partial charge on any atom is -0.478 e. The topological polar surface area (TPSA) is 75.2 Å². The van der Waals surface area contributed by atoms with Gasteiger partial charge in [0.2, 0.25) is 0 Å². The van der Waals surface area contributed by atoms with Gasteiger partial charge < -0.3 is 9.84 Å². The van der Waals surface area contributed by atoms with Crippen molar-refractivity contribution < 1.29 is 14.6 Å². The summed E-state index contributed by atoms with van der Waals surface area (Å²) in [5.74, 6) is 0.594. The van der Waals surface area contributed by atoms with Crippen LogP contribution in [0.5, 0.6) is 11.5 Å². The van der Waals surface area contributed by atoms with Crippen LogP contribution < -0.4 is 4.74 Å². The fourth-order valence-electron chi connectivity index (χ4n) is 4.46. The Morgan fingerprint density at radius 1 is 0.919 bits per heavy atom. The summed E-state index contributed by atoms with van der Waals surface area (Å²) in [6.45, 7) is 2.15. The fraction of sp³-hybridized carbons (Fsp3) is 0.0625. The van der Waals surface area contributed by atoms with Crippen LogP contribution >= 0.6 is 0 Å². The predicted octanol–water partition coefficient (Wildman–Crippen LogP) is 7.82. The molecule has 0 fully saturated rings. The maximum absolute atomic E-state index is 11.0. The molecule has 2 N–H and O–H groups in total. The van der Waals surface area contributed by atoms with Crippen molar-refractivity contribution in [1.82, 2.24) is 10.2 Å². The van der Waals surface area contributed by atoms with Gasteiger partial charge in [0.1, 0.15) is 11.5 Å². The Kier molecular flexibility index (Phi) is 6.95. The Bertz CT molecular complexity index is 1600. The highest BCUT2D eigenvalue weighted by atomic mass is 16.5. The number of carboxylic acid groups (broad SMARTS) is 1. The average Bonchev–Trinajstić information content (AvgIpc) is 3.40. The number of carboxylic acids is 1. The van der Waals surface area contributed by atoms with Crippen LogP contribution in [0.2, 0.25) is 0 Å². The van der Waals surface area contributed by atoms with E-state index in [-0.39, 0.29) is 0 Å². The molecule has 0 aliphatic rings. The lowest BCUT2D eigenvalue weighted by Gasteiger charge is -2.19. The summed E-state index contributed by atoms with van der Waals surface area (Å²) in [4.78, 5) is 11.0. The van der Waals surface area contributed by atoms with E-state index in [1.54, 1.807) is 6.08 Å². The number of ether oxygens (including phenoxy) is 1. The van der Waals surface area contributed by atoms with Crippen molar-refractivity contribution in [3.63, 3.8) is 0 Å². The van der Waals surface area contributed by atoms with E-state index in [0.29, 0.717) is 0 Å². The van der Waals surface area contributed by atoms with Crippen LogP contribution in [0.15, 0.2) is 109 Å². The molecule has 5 rings (SSSR count). The molecule has 1 heterocycles. The molecule has 0 radical (unpaired) electrons. The zero-order chi connectivity index (χ0) is 25.6. The molecule has 5 nitrogen and oxygen atoms in total. The Labute approximate surface area is 215 Å². The van der Waals surface area contributed by atoms with Crippen LogP contribution in [0.3, 0.4) is 0 Å². The number of allylic oxidation sites excluding steroid dienone is 1. The number of nitrogens with zero attached hydrogens (tertiary/aromatic N) is 1. The quantitative estimate of drug-likeness (QED) is 0.173. The number of fused-ring (bicyclic) bond motifs is 1. The second-order valence-electron chi connectivity index (χ2n) is 8.58. The van der Waals surface area contributed by atoms with Crippen molar-refractivity contribution >= 4 is 34.1 Å². The molecule has 0 atom stereocenters. The molecule has 1 aromatic heterocycles. The van der Waals surface area contributed by atoms with Crippen molar-refractivity contribution in [2.24, 2.45) is 0 Å². The summed E-state index contributed by atoms with van der Waals surface area (Å²) in [6.07, 6.45) is 5.34. The highest BCUT2D eigenvalue weighted by Gasteiger charge is 2.17. The third kappa shape index (κ3) is 5.36. The van der Waals surface area contributed by atoms with Crippen molar-refractivity contribution in [1.29, 1.82) is 0 Å². The molecule has 5 heteroatoms. The standard InChI is InChI=1S/C32H26N2O3/c1-2-27(28-10-6-7-11-30(28)37-26-8-4-3-5-9-26)32(24-17-18-29-25(20-24)21-33-34-29)23-15-12-22(13-16-23)14-19-31(35)36/h3-21H,2H2,1H3,(H,33,34)(H,35,36). The van der Waals surface area contributed by atoms with Gasteiger partial charge in [-0.1, -0.05) is 73.7 Å². The number of aromatic nitrogens is 2. The summed E-state index contributed by atoms with van der Waals surface area (Å²) in [7, 11) is 0. The highest BCUT2D eigenvalue weighted by molar-refractivity contribution is 6.01. The molecule has 0 saturated heterocycles. The zero-order valence-corrected chi connectivity index (χ0v) is 20.4. The minimum absolute atomic E-state index is 0.772. The number of para-hydroxylation sites is 2. The van der Waals surface area contributed by atoms with Crippen molar-refractivity contribution in [3.05, 3.63) is 132 Å². The van der Waals surface area contributed by atoms with E-state index in [4.69, 9.17) is 9.84 Å². The number of rotatable bonds is 8. The van der Waals surface area contributed by atoms with Gasteiger partial charge in [-0.15, -0.1) is 0 Å². The van der Waals surface area contributed by atoms with Gasteiger partial charge >= 0.3 is 5.97 Å². The third-order valence-corrected chi connectivity index (χ3v) is 6.19. The van der Waals surface area contributed by atoms with Crippen LogP contribution in [-0.2, 0) is 4.79 Å². The zero-order valence-electron chi connectivity index (χ0n) is 20.4. The SMILES string of the molecule is CCC(=C(c1ccc(C=CC(=O)O)cc1)c1ccc2[nH]ncc2c1)c1ccccc1Oc1ccccc1. The molecule has 0 amide bonds. The van der Waals surface area contributed by atoms with Crippen molar-refractivity contribution in [2.45, 2.75) is 13.3 Å². The first-order valence-electron chi connectivity index (χ1n) is 12.1. The molecule has 4 aromatic carbocycles. The number of hydrogen-bond acceptors (Lipinski definition) is 3. The smallest absolute Gasteiger partial charge is 0.328 e. The number of hydrogen-bond donors (Lipinski definition) is 2. The first-order valence-corrected chi connectivity index (χ1v) is 12.1. The molecule has 0 spiro atoms. The first-order chi connectivity index (χ1) is 18.1. The number of nitrogens with one attached hydrogen (secondary N) is 1. The Morgan fingerprint density at radius 3 is 2.41 bits per heavy atom. The van der Waals surface area contributed by atoms with Crippen LogP contribution in [0.4, 0.5) is 0 Å². The number of H-pyrrole nitrogens is 1. The third-order valence-electron chi connectivity index (χ3n) is 6.19. The lowest BCUT2D eigenvalue weighted by atomic mass is 9.87. The van der Waals surface area contributed by atoms with E-state index >= 15 is 0 Å². The molecule has 0 unspecified atom stereocenters. The number of benzene rings is 4. The molecule has 0 aliphatic heterocycles. The van der Waals surface area contributed by atoms with Crippen molar-refractivity contribution in [2.75, 3.05) is 0 Å². The van der Waals surface area contributed by atoms with Gasteiger partial charge in [-0.2, -0.15) is 5.10 Å². The van der Waals surface area contributed by atoms with E-state index < -0.39 is 5.97 Å². The summed E-state index contributed by atoms with van der Waals surface area (Å²) in [5, 5.41) is 17.2. The molecule has 37 heavy (non-hydrogen) atoms. The highest BCUT2D eigenvalue weighted by Crippen LogP contribution is 2.40. The number of carbonyl (C=O) groups is 1. The van der Waals surface area contributed by atoms with Gasteiger partial charge in [0, 0.05) is 17.0 Å². The van der Waals surface area contributed by atoms with Gasteiger partial charge in [-0.3, -0.25) is 5.10 Å². The van der Waals surface area contributed by atoms with E-state index in [9.17, 15) is 4.79 Å². The fourth-order valence-corrected chi connectivity index (χ4v) is 4.46. The van der Waals surface area contributed by atoms with E-state index in [1.807, 2.05) is 85.1 Å². The monoisotopic (exact) mass is 486 g/mol. The number of aliphatic carboxylic acids is 1. The first kappa shape index (κ1) is 23.8. The van der Waals surface area contributed by atoms with E-state index in [1.165, 1.54) is 0 Å². The van der Waals surface area contributed by atoms with E-state index in [2.05, 4.69) is 35.3 Å². The molecular formula is C32H26N2O3. The van der Waals surface area contributed by atoms with Gasteiger partial charge in [-0.25, -0.2) is 4.79 Å². The Hall–Kier alpha value is -4.90. The number of aromatic amines is 1. The summed E-state index contributed by atoms with van der Waals surface area (Å²) in [5.41, 5.74) is 7.14.